The van der Waals surface area contributed by atoms with Crippen molar-refractivity contribution in [3.63, 3.8) is 0 Å². The Bertz CT molecular complexity index is 719. The lowest BCUT2D eigenvalue weighted by Gasteiger charge is -2.52. The topological polar surface area (TPSA) is 154 Å². The lowest BCUT2D eigenvalue weighted by molar-refractivity contribution is -0.282. The Balaban J connectivity index is 2.11. The Morgan fingerprint density at radius 2 is 2.30 bits per heavy atom. The summed E-state index contributed by atoms with van der Waals surface area (Å²) in [4.78, 5) is 23.3. The van der Waals surface area contributed by atoms with Crippen LogP contribution in [0.1, 0.15) is 13.8 Å². The second-order valence-electron chi connectivity index (χ2n) is 5.73. The normalized spacial score (nSPS) is 31.2. The molecule has 0 spiro atoms. The van der Waals surface area contributed by atoms with Gasteiger partial charge < -0.3 is 35.0 Å². The van der Waals surface area contributed by atoms with Crippen molar-refractivity contribution in [2.24, 2.45) is 4.99 Å². The summed E-state index contributed by atoms with van der Waals surface area (Å²) >= 11 is 0. The van der Waals surface area contributed by atoms with Gasteiger partial charge in [-0.25, -0.2) is 9.98 Å². The number of H-pyrrole nitrogens is 1. The summed E-state index contributed by atoms with van der Waals surface area (Å²) in [5.74, 6) is 0.0165. The first-order valence-electron chi connectivity index (χ1n) is 7.07. The monoisotopic (exact) mass is 325 g/mol. The highest BCUT2D eigenvalue weighted by molar-refractivity contribution is 5.98. The zero-order valence-corrected chi connectivity index (χ0v) is 12.6. The van der Waals surface area contributed by atoms with Crippen molar-refractivity contribution in [1.29, 1.82) is 0 Å². The summed E-state index contributed by atoms with van der Waals surface area (Å²) < 4.78 is 5.77. The summed E-state index contributed by atoms with van der Waals surface area (Å²) in [6.45, 7) is 2.63. The van der Waals surface area contributed by atoms with Gasteiger partial charge >= 0.3 is 0 Å². The molecule has 4 atom stereocenters. The van der Waals surface area contributed by atoms with Crippen LogP contribution in [0, 0.1) is 0 Å². The third-order valence-electron chi connectivity index (χ3n) is 4.26. The number of anilines is 1. The number of rotatable bonds is 2. The summed E-state index contributed by atoms with van der Waals surface area (Å²) in [5.41, 5.74) is -1.51. The van der Waals surface area contributed by atoms with Crippen LogP contribution in [0.3, 0.4) is 0 Å². The molecule has 1 saturated heterocycles. The maximum absolute atomic E-state index is 11.9. The van der Waals surface area contributed by atoms with Gasteiger partial charge in [-0.1, -0.05) is 0 Å². The van der Waals surface area contributed by atoms with Crippen molar-refractivity contribution in [1.82, 2.24) is 9.97 Å². The van der Waals surface area contributed by atoms with E-state index in [1.165, 1.54) is 4.90 Å². The predicted octanol–water partition coefficient (Wildman–Crippen LogP) is -2.41. The number of aromatic nitrogens is 2. The number of aliphatic hydroxyl groups excluding tert-OH is 3. The molecule has 0 radical (unpaired) electrons. The molecule has 10 heteroatoms. The molecule has 0 aliphatic carbocycles. The highest BCUT2D eigenvalue weighted by Crippen LogP contribution is 2.40. The first kappa shape index (κ1) is 15.9. The maximum Gasteiger partial charge on any atom is 0.278 e. The van der Waals surface area contributed by atoms with Gasteiger partial charge in [-0.2, -0.15) is 0 Å². The molecule has 1 aromatic heterocycles. The maximum atomic E-state index is 11.9. The van der Waals surface area contributed by atoms with Crippen LogP contribution in [0.15, 0.2) is 9.79 Å². The van der Waals surface area contributed by atoms with Gasteiger partial charge in [-0.05, 0) is 13.8 Å². The average Bonchev–Trinajstić information content (AvgIpc) is 2.49. The number of hydrogen-bond acceptors (Lipinski definition) is 9. The lowest BCUT2D eigenvalue weighted by Crippen LogP contribution is -2.68. The molecular formula is C13H17N4O6-. The summed E-state index contributed by atoms with van der Waals surface area (Å²) in [7, 11) is 0. The fourth-order valence-corrected chi connectivity index (χ4v) is 2.88. The summed E-state index contributed by atoms with van der Waals surface area (Å²) in [5, 5.41) is 40.6. The van der Waals surface area contributed by atoms with E-state index in [1.807, 2.05) is 4.98 Å². The van der Waals surface area contributed by atoms with E-state index in [1.54, 1.807) is 13.8 Å². The van der Waals surface area contributed by atoms with Crippen molar-refractivity contribution in [2.75, 3.05) is 18.1 Å². The molecule has 0 amide bonds. The molecule has 2 aliphatic heterocycles. The van der Waals surface area contributed by atoms with E-state index in [9.17, 15) is 20.1 Å². The molecule has 23 heavy (non-hydrogen) atoms. The van der Waals surface area contributed by atoms with Crippen LogP contribution in [-0.4, -0.2) is 68.2 Å². The van der Waals surface area contributed by atoms with Gasteiger partial charge in [0.1, 0.15) is 18.3 Å². The number of ether oxygens (including phenoxy) is 1. The average molecular weight is 325 g/mol. The van der Waals surface area contributed by atoms with Gasteiger partial charge in [0, 0.05) is 0 Å². The number of fused-ring (bicyclic) bond motifs is 3. The van der Waals surface area contributed by atoms with Crippen molar-refractivity contribution in [3.05, 3.63) is 10.4 Å². The van der Waals surface area contributed by atoms with E-state index in [0.29, 0.717) is 5.71 Å². The zero-order chi connectivity index (χ0) is 16.9. The predicted molar refractivity (Wildman–Crippen MR) is 76.8 cm³/mol. The standard InChI is InChI=1S/C13H18N4O6/c1-5-13(2)17(3-6(19)9(23-13)7(20)4-18)10-8(14-5)11(21)16-12(22)15-10/h6-7,9,18-20H,3-4H2,1-2H3,(H2,15,16,21,22)/p-1/t6-,7+,9-,13-/m0/s1. The lowest BCUT2D eigenvalue weighted by atomic mass is 9.97. The van der Waals surface area contributed by atoms with E-state index in [2.05, 4.69) is 9.98 Å². The molecule has 0 bridgehead atoms. The Morgan fingerprint density at radius 3 is 2.96 bits per heavy atom. The minimum absolute atomic E-state index is 0.0165. The Morgan fingerprint density at radius 1 is 1.61 bits per heavy atom. The molecule has 126 valence electrons. The quantitative estimate of drug-likeness (QED) is 0.468. The van der Waals surface area contributed by atoms with Gasteiger partial charge in [-0.15, -0.1) is 0 Å². The van der Waals surface area contributed by atoms with Crippen molar-refractivity contribution < 1.29 is 25.2 Å². The summed E-state index contributed by atoms with van der Waals surface area (Å²) in [6.07, 6.45) is -3.47. The van der Waals surface area contributed by atoms with Crippen molar-refractivity contribution in [2.45, 2.75) is 37.9 Å². The molecule has 3 rings (SSSR count). The molecule has 0 aromatic carbocycles. The molecule has 1 aromatic rings. The van der Waals surface area contributed by atoms with E-state index in [4.69, 9.17) is 9.84 Å². The number of nitrogens with one attached hydrogen (secondary N) is 1. The van der Waals surface area contributed by atoms with Gasteiger partial charge in [-0.3, -0.25) is 4.79 Å². The highest BCUT2D eigenvalue weighted by atomic mass is 16.6. The number of aliphatic imine (C=N–C) groups is 1. The first-order chi connectivity index (χ1) is 10.8. The van der Waals surface area contributed by atoms with Gasteiger partial charge in [0.25, 0.3) is 5.56 Å². The zero-order valence-electron chi connectivity index (χ0n) is 12.6. The summed E-state index contributed by atoms with van der Waals surface area (Å²) in [6, 6.07) is -0.821. The SMILES string of the molecule is CC1=Nc2c(nc([O-])[nH]c2=O)N2C[C@H](O)[C@@H]([C@H](O)CO)O[C@@]12C. The van der Waals surface area contributed by atoms with Crippen LogP contribution >= 0.6 is 0 Å². The van der Waals surface area contributed by atoms with Gasteiger partial charge in [0.2, 0.25) is 0 Å². The van der Waals surface area contributed by atoms with Gasteiger partial charge in [0.15, 0.2) is 17.2 Å². The minimum atomic E-state index is -1.28. The van der Waals surface area contributed by atoms with Crippen LogP contribution in [0.5, 0.6) is 6.01 Å². The molecular weight excluding hydrogens is 308 g/mol. The Labute approximate surface area is 130 Å². The smallest absolute Gasteiger partial charge is 0.278 e. The first-order valence-corrected chi connectivity index (χ1v) is 7.07. The largest absolute Gasteiger partial charge is 0.846 e. The Hall–Kier alpha value is -2.01. The number of aliphatic hydroxyl groups is 3. The molecule has 1 fully saturated rings. The molecule has 2 aliphatic rings. The fourth-order valence-electron chi connectivity index (χ4n) is 2.88. The molecule has 10 nitrogen and oxygen atoms in total. The third kappa shape index (κ3) is 2.30. The van der Waals surface area contributed by atoms with Crippen LogP contribution in [-0.2, 0) is 4.74 Å². The van der Waals surface area contributed by atoms with Crippen LogP contribution in [0.2, 0.25) is 0 Å². The third-order valence-corrected chi connectivity index (χ3v) is 4.26. The Kier molecular flexibility index (Phi) is 3.64. The van der Waals surface area contributed by atoms with E-state index in [0.717, 1.165) is 0 Å². The molecule has 3 heterocycles. The van der Waals surface area contributed by atoms with Crippen LogP contribution in [0.25, 0.3) is 0 Å². The van der Waals surface area contributed by atoms with E-state index in [-0.39, 0.29) is 18.1 Å². The molecule has 4 N–H and O–H groups in total. The minimum Gasteiger partial charge on any atom is -0.846 e. The number of aromatic amines is 1. The van der Waals surface area contributed by atoms with E-state index >= 15 is 0 Å². The second-order valence-corrected chi connectivity index (χ2v) is 5.73. The molecule has 0 saturated carbocycles. The van der Waals surface area contributed by atoms with Gasteiger partial charge in [0.05, 0.1) is 24.9 Å². The number of nitrogens with zero attached hydrogens (tertiary/aromatic N) is 3. The van der Waals surface area contributed by atoms with Crippen molar-refractivity contribution >= 4 is 17.2 Å². The second kappa shape index (κ2) is 5.27. The fraction of sp³-hybridized carbons (Fsp3) is 0.615. The highest BCUT2D eigenvalue weighted by Gasteiger charge is 2.51. The van der Waals surface area contributed by atoms with Crippen LogP contribution in [0.4, 0.5) is 11.5 Å². The molecule has 0 unspecified atom stereocenters. The van der Waals surface area contributed by atoms with Crippen LogP contribution < -0.4 is 15.6 Å². The van der Waals surface area contributed by atoms with E-state index < -0.39 is 42.2 Å². The number of hydrogen-bond donors (Lipinski definition) is 4. The van der Waals surface area contributed by atoms with Crippen molar-refractivity contribution in [3.8, 4) is 6.01 Å².